The second-order valence-corrected chi connectivity index (χ2v) is 30.3. The third-order valence-corrected chi connectivity index (χ3v) is 21.8. The number of hydrogen-bond donors (Lipinski definition) is 3. The Labute approximate surface area is 429 Å². The summed E-state index contributed by atoms with van der Waals surface area (Å²) in [6, 6.07) is 18.8. The van der Waals surface area contributed by atoms with Gasteiger partial charge in [0.1, 0.15) is 46.3 Å². The second kappa shape index (κ2) is 25.1. The fourth-order valence-corrected chi connectivity index (χ4v) is 8.70. The molecule has 0 aliphatic carbocycles. The molecule has 396 valence electrons. The molecule has 0 unspecified atom stereocenters. The molecule has 1 aromatic carbocycles. The number of nitrogens with zero attached hydrogens (tertiary/aromatic N) is 7. The van der Waals surface area contributed by atoms with Crippen molar-refractivity contribution < 1.29 is 40.7 Å². The fourth-order valence-electron chi connectivity index (χ4n) is 6.67. The first-order valence-corrected chi connectivity index (χ1v) is 30.3. The van der Waals surface area contributed by atoms with Gasteiger partial charge >= 0.3 is 18.3 Å². The van der Waals surface area contributed by atoms with Crippen molar-refractivity contribution in [1.82, 2.24) is 30.2 Å². The van der Waals surface area contributed by atoms with Crippen molar-refractivity contribution in [2.45, 2.75) is 104 Å². The first kappa shape index (κ1) is 57.6. The highest BCUT2D eigenvalue weighted by Gasteiger charge is 2.40. The maximum Gasteiger partial charge on any atom is 0.418 e. The van der Waals surface area contributed by atoms with Crippen LogP contribution < -0.4 is 39.3 Å². The summed E-state index contributed by atoms with van der Waals surface area (Å²) >= 11 is 0. The number of carbonyl (C=O) groups is 2. The van der Waals surface area contributed by atoms with Gasteiger partial charge in [0.05, 0.1) is 18.0 Å². The van der Waals surface area contributed by atoms with Crippen molar-refractivity contribution in [2.75, 3.05) is 72.8 Å². The van der Waals surface area contributed by atoms with E-state index >= 15 is 0 Å². The minimum atomic E-state index is -4.31. The maximum atomic E-state index is 12.8. The van der Waals surface area contributed by atoms with Crippen LogP contribution in [0.5, 0.6) is 17.2 Å². The second-order valence-electron chi connectivity index (χ2n) is 20.9. The first-order chi connectivity index (χ1) is 34.2. The normalized spacial score (nSPS) is 14.8. The van der Waals surface area contributed by atoms with E-state index in [4.69, 9.17) is 13.6 Å². The van der Waals surface area contributed by atoms with Gasteiger partial charge in [0.2, 0.25) is 0 Å². The van der Waals surface area contributed by atoms with Crippen molar-refractivity contribution in [1.29, 1.82) is 0 Å². The molecule has 2 fully saturated rings. The number of pyridine rings is 4. The molecule has 7 rings (SSSR count). The molecule has 2 aliphatic heterocycles. The summed E-state index contributed by atoms with van der Waals surface area (Å²) < 4.78 is 67.4. The van der Waals surface area contributed by atoms with E-state index in [0.29, 0.717) is 36.3 Å². The SMILES string of the molecule is CC(C)(C)[Si](C)(C)Oc1ccc(NC(=O)Oc2ccc(F)cc2)nc1.Cc1ccc(N2CCCN(C(=O)Nc3ccc(O[Si](C)(C)C(C)(C)C)cn3)CC2)nc1.FC(F)(F)c1ccc(N2CCCNCC2)nc1. The number of rotatable bonds is 9. The summed E-state index contributed by atoms with van der Waals surface area (Å²) in [5, 5.41) is 8.87. The highest BCUT2D eigenvalue weighted by atomic mass is 28.4. The van der Waals surface area contributed by atoms with Gasteiger partial charge in [-0.25, -0.2) is 33.9 Å². The monoisotopic (exact) mass is 1050 g/mol. The third-order valence-electron chi connectivity index (χ3n) is 13.1. The molecule has 0 radical (unpaired) electrons. The molecule has 0 atom stereocenters. The predicted octanol–water partition coefficient (Wildman–Crippen LogP) is 12.0. The number of hydrogen-bond acceptors (Lipinski definition) is 12. The lowest BCUT2D eigenvalue weighted by molar-refractivity contribution is -0.137. The van der Waals surface area contributed by atoms with Gasteiger partial charge in [-0.2, -0.15) is 13.2 Å². The van der Waals surface area contributed by atoms with E-state index in [1.807, 2.05) is 35.1 Å². The zero-order valence-electron chi connectivity index (χ0n) is 44.0. The van der Waals surface area contributed by atoms with E-state index in [2.05, 4.69) is 115 Å². The summed E-state index contributed by atoms with van der Waals surface area (Å²) in [5.74, 6) is 3.73. The van der Waals surface area contributed by atoms with E-state index in [1.54, 1.807) is 30.6 Å². The lowest BCUT2D eigenvalue weighted by Crippen LogP contribution is -2.43. The van der Waals surface area contributed by atoms with Crippen LogP contribution in [-0.4, -0.2) is 106 Å². The van der Waals surface area contributed by atoms with Gasteiger partial charge in [0, 0.05) is 58.2 Å². The van der Waals surface area contributed by atoms with Crippen molar-refractivity contribution in [3.05, 3.63) is 115 Å². The van der Waals surface area contributed by atoms with Crippen molar-refractivity contribution in [3.63, 3.8) is 0 Å². The van der Waals surface area contributed by atoms with Crippen LogP contribution in [-0.2, 0) is 6.18 Å². The molecule has 0 spiro atoms. The number of anilines is 4. The molecular weight excluding hydrogens is 977 g/mol. The number of carbonyl (C=O) groups excluding carboxylic acids is 2. The van der Waals surface area contributed by atoms with Crippen molar-refractivity contribution in [3.8, 4) is 17.2 Å². The average Bonchev–Trinajstić information content (AvgIpc) is 3.75. The molecule has 2 saturated heterocycles. The quantitative estimate of drug-likeness (QED) is 0.0949. The Balaban J connectivity index is 0.000000212. The molecule has 3 amide bonds. The Hall–Kier alpha value is -6.33. The number of aromatic nitrogens is 4. The van der Waals surface area contributed by atoms with Gasteiger partial charge in [0.25, 0.3) is 16.6 Å². The highest BCUT2D eigenvalue weighted by Crippen LogP contribution is 2.38. The van der Waals surface area contributed by atoms with Gasteiger partial charge in [-0.15, -0.1) is 0 Å². The number of ether oxygens (including phenoxy) is 1. The van der Waals surface area contributed by atoms with E-state index in [9.17, 15) is 27.2 Å². The zero-order chi connectivity index (χ0) is 53.6. The highest BCUT2D eigenvalue weighted by molar-refractivity contribution is 6.75. The number of halogens is 4. The van der Waals surface area contributed by atoms with Crippen LogP contribution in [0.4, 0.5) is 50.4 Å². The Morgan fingerprint density at radius 2 is 1.12 bits per heavy atom. The number of amides is 3. The van der Waals surface area contributed by atoms with Crippen LogP contribution in [0.1, 0.15) is 65.5 Å². The molecule has 73 heavy (non-hydrogen) atoms. The van der Waals surface area contributed by atoms with Crippen LogP contribution >= 0.6 is 0 Å². The van der Waals surface area contributed by atoms with E-state index in [-0.39, 0.29) is 21.9 Å². The largest absolute Gasteiger partial charge is 0.542 e. The Morgan fingerprint density at radius 1 is 0.589 bits per heavy atom. The number of urea groups is 1. The van der Waals surface area contributed by atoms with E-state index < -0.39 is 40.3 Å². The van der Waals surface area contributed by atoms with Crippen LogP contribution in [0.2, 0.25) is 36.3 Å². The standard InChI is InChI=1S/C23H35N5O2Si.C18H23FN2O3Si.C11H14F3N3/c1-18-8-11-21(25-16-18)27-12-7-13-28(15-14-27)22(29)26-20-10-9-19(17-24-20)30-31(5,6)23(2,3)4;1-18(2,3)25(4,5)24-15-10-11-16(20-12-15)21-17(22)23-14-8-6-13(19)7-9-14;12-11(13,14)9-2-3-10(16-8-9)17-6-1-4-15-5-7-17/h8-11,16-17H,7,12-15H2,1-6H3,(H,24,26,29);6-12H,1-5H3,(H,20,21,22);2-3,8,15H,1,4-7H2. The Kier molecular flexibility index (Phi) is 19.8. The van der Waals surface area contributed by atoms with E-state index in [1.165, 1.54) is 30.3 Å². The van der Waals surface area contributed by atoms with Crippen LogP contribution in [0.15, 0.2) is 97.6 Å². The lowest BCUT2D eigenvalue weighted by Gasteiger charge is -2.36. The number of alkyl halides is 3. The third kappa shape index (κ3) is 18.0. The molecule has 3 N–H and O–H groups in total. The lowest BCUT2D eigenvalue weighted by atomic mass is 10.2. The summed E-state index contributed by atoms with van der Waals surface area (Å²) in [6.07, 6.45) is 2.92. The molecule has 2 aliphatic rings. The topological polar surface area (TPSA) is 159 Å². The Bertz CT molecular complexity index is 2500. The predicted molar refractivity (Wildman–Crippen MR) is 286 cm³/mol. The zero-order valence-corrected chi connectivity index (χ0v) is 46.0. The van der Waals surface area contributed by atoms with Gasteiger partial charge < -0.3 is 33.6 Å². The molecule has 5 aromatic rings. The van der Waals surface area contributed by atoms with Gasteiger partial charge in [-0.05, 0) is 135 Å². The summed E-state index contributed by atoms with van der Waals surface area (Å²) in [6.45, 7) is 30.2. The fraction of sp³-hybridized carbons (Fsp3) is 0.462. The molecule has 4 aromatic heterocycles. The smallest absolute Gasteiger partial charge is 0.418 e. The van der Waals surface area contributed by atoms with Crippen molar-refractivity contribution in [2.24, 2.45) is 0 Å². The van der Waals surface area contributed by atoms with Crippen molar-refractivity contribution >= 4 is 52.0 Å². The summed E-state index contributed by atoms with van der Waals surface area (Å²) in [4.78, 5) is 47.6. The van der Waals surface area contributed by atoms with Gasteiger partial charge in [-0.1, -0.05) is 47.6 Å². The van der Waals surface area contributed by atoms with Crippen LogP contribution in [0.25, 0.3) is 0 Å². The summed E-state index contributed by atoms with van der Waals surface area (Å²) in [5.41, 5.74) is 0.446. The van der Waals surface area contributed by atoms with Crippen LogP contribution in [0.3, 0.4) is 0 Å². The van der Waals surface area contributed by atoms with Crippen LogP contribution in [0, 0.1) is 12.7 Å². The molecule has 15 nitrogen and oxygen atoms in total. The number of benzene rings is 1. The number of aryl methyl sites for hydroxylation is 1. The molecule has 0 saturated carbocycles. The first-order valence-electron chi connectivity index (χ1n) is 24.5. The minimum Gasteiger partial charge on any atom is -0.542 e. The Morgan fingerprint density at radius 3 is 1.63 bits per heavy atom. The van der Waals surface area contributed by atoms with E-state index in [0.717, 1.165) is 81.5 Å². The molecular formula is C52H72F4N10O5Si2. The van der Waals surface area contributed by atoms with Gasteiger partial charge in [0.15, 0.2) is 0 Å². The number of nitrogens with one attached hydrogen (secondary N) is 3. The maximum absolute atomic E-state index is 12.8. The minimum absolute atomic E-state index is 0.0862. The molecule has 0 bridgehead atoms. The molecule has 21 heteroatoms. The molecule has 6 heterocycles. The average molecular weight is 1050 g/mol. The van der Waals surface area contributed by atoms with Gasteiger partial charge in [-0.3, -0.25) is 10.6 Å². The summed E-state index contributed by atoms with van der Waals surface area (Å²) in [7, 11) is -3.84.